The maximum Gasteiger partial charge on any atom is 0.344 e. The number of nitrogens with zero attached hydrogens (tertiary/aromatic N) is 1. The molecule has 2 heterocycles. The van der Waals surface area contributed by atoms with E-state index in [4.69, 9.17) is 9.84 Å². The second-order valence-electron chi connectivity index (χ2n) is 5.75. The molecule has 2 aliphatic heterocycles. The van der Waals surface area contributed by atoms with E-state index in [9.17, 15) is 24.0 Å². The van der Waals surface area contributed by atoms with E-state index in [-0.39, 0.29) is 29.7 Å². The van der Waals surface area contributed by atoms with Gasteiger partial charge in [-0.25, -0.2) is 4.79 Å². The molecule has 0 saturated carbocycles. The van der Waals surface area contributed by atoms with Crippen molar-refractivity contribution in [1.29, 1.82) is 0 Å². The summed E-state index contributed by atoms with van der Waals surface area (Å²) in [5, 5.41) is 11.0. The van der Waals surface area contributed by atoms with E-state index >= 15 is 0 Å². The molecule has 0 radical (unpaired) electrons. The molecule has 2 atom stereocenters. The predicted molar refractivity (Wildman–Crippen MR) is 80.8 cm³/mol. The molecule has 1 aromatic rings. The SMILES string of the molecule is CC(Oc1ccc2c(c1)C(=O)N(C1CCC(=O)NC1=O)C2=O)C(=O)O. The Bertz CT molecular complexity index is 817. The molecule has 9 nitrogen and oxygen atoms in total. The summed E-state index contributed by atoms with van der Waals surface area (Å²) in [5.41, 5.74) is 0.134. The molecule has 0 aromatic heterocycles. The molecule has 0 spiro atoms. The van der Waals surface area contributed by atoms with E-state index in [1.807, 2.05) is 0 Å². The lowest BCUT2D eigenvalue weighted by Crippen LogP contribution is -2.54. The summed E-state index contributed by atoms with van der Waals surface area (Å²) in [5.74, 6) is -3.50. The quantitative estimate of drug-likeness (QED) is 0.730. The maximum atomic E-state index is 12.6. The highest BCUT2D eigenvalue weighted by Crippen LogP contribution is 2.30. The first-order valence-corrected chi connectivity index (χ1v) is 7.54. The zero-order valence-electron chi connectivity index (χ0n) is 13.1. The summed E-state index contributed by atoms with van der Waals surface area (Å²) >= 11 is 0. The van der Waals surface area contributed by atoms with Gasteiger partial charge in [-0.1, -0.05) is 0 Å². The fourth-order valence-electron chi connectivity index (χ4n) is 2.78. The van der Waals surface area contributed by atoms with Crippen molar-refractivity contribution in [2.75, 3.05) is 0 Å². The standard InChI is InChI=1S/C16H14N2O7/c1-7(16(23)24)25-8-2-3-9-10(6-8)15(22)18(14(9)21)11-4-5-12(19)17-13(11)20/h2-3,6-7,11H,4-5H2,1H3,(H,23,24)(H,17,19,20). The molecule has 4 amide bonds. The summed E-state index contributed by atoms with van der Waals surface area (Å²) in [4.78, 5) is 59.9. The van der Waals surface area contributed by atoms with Crippen molar-refractivity contribution in [3.05, 3.63) is 29.3 Å². The third-order valence-corrected chi connectivity index (χ3v) is 4.07. The molecule has 3 rings (SSSR count). The van der Waals surface area contributed by atoms with E-state index in [0.717, 1.165) is 4.90 Å². The minimum Gasteiger partial charge on any atom is -0.479 e. The number of carboxylic acids is 1. The molecular weight excluding hydrogens is 332 g/mol. The average molecular weight is 346 g/mol. The summed E-state index contributed by atoms with van der Waals surface area (Å²) in [6.07, 6.45) is -1.03. The van der Waals surface area contributed by atoms with E-state index in [1.54, 1.807) is 0 Å². The molecule has 2 unspecified atom stereocenters. The van der Waals surface area contributed by atoms with Crippen molar-refractivity contribution in [3.63, 3.8) is 0 Å². The van der Waals surface area contributed by atoms with Gasteiger partial charge in [-0.05, 0) is 31.5 Å². The fraction of sp³-hybridized carbons (Fsp3) is 0.312. The Morgan fingerprint density at radius 2 is 1.92 bits per heavy atom. The lowest BCUT2D eigenvalue weighted by molar-refractivity contribution is -0.144. The van der Waals surface area contributed by atoms with E-state index < -0.39 is 41.7 Å². The average Bonchev–Trinajstić information content (AvgIpc) is 2.79. The third kappa shape index (κ3) is 2.84. The van der Waals surface area contributed by atoms with Crippen molar-refractivity contribution in [3.8, 4) is 5.75 Å². The lowest BCUT2D eigenvalue weighted by atomic mass is 10.0. The van der Waals surface area contributed by atoms with Crippen molar-refractivity contribution in [2.45, 2.75) is 31.9 Å². The minimum absolute atomic E-state index is 0.0322. The number of rotatable bonds is 4. The van der Waals surface area contributed by atoms with Crippen LogP contribution < -0.4 is 10.1 Å². The van der Waals surface area contributed by atoms with Crippen LogP contribution in [-0.4, -0.2) is 51.8 Å². The molecule has 130 valence electrons. The Labute approximate surface area is 141 Å². The van der Waals surface area contributed by atoms with Gasteiger partial charge in [0.1, 0.15) is 11.8 Å². The topological polar surface area (TPSA) is 130 Å². The smallest absolute Gasteiger partial charge is 0.344 e. The molecule has 25 heavy (non-hydrogen) atoms. The van der Waals surface area contributed by atoms with Crippen LogP contribution in [0.1, 0.15) is 40.5 Å². The zero-order chi connectivity index (χ0) is 18.3. The number of carbonyl (C=O) groups is 5. The number of amides is 4. The molecule has 2 aliphatic rings. The highest BCUT2D eigenvalue weighted by Gasteiger charge is 2.44. The predicted octanol–water partition coefficient (Wildman–Crippen LogP) is -0.0603. The number of ether oxygens (including phenoxy) is 1. The highest BCUT2D eigenvalue weighted by molar-refractivity contribution is 6.23. The Morgan fingerprint density at radius 3 is 2.56 bits per heavy atom. The highest BCUT2D eigenvalue weighted by atomic mass is 16.5. The molecular formula is C16H14N2O7. The van der Waals surface area contributed by atoms with Crippen molar-refractivity contribution >= 4 is 29.6 Å². The molecule has 1 aromatic carbocycles. The number of aliphatic carboxylic acids is 1. The lowest BCUT2D eigenvalue weighted by Gasteiger charge is -2.27. The van der Waals surface area contributed by atoms with E-state index in [2.05, 4.69) is 5.32 Å². The largest absolute Gasteiger partial charge is 0.479 e. The first-order valence-electron chi connectivity index (χ1n) is 7.54. The molecule has 0 bridgehead atoms. The maximum absolute atomic E-state index is 12.6. The van der Waals surface area contributed by atoms with Gasteiger partial charge in [0.2, 0.25) is 11.8 Å². The van der Waals surface area contributed by atoms with Crippen molar-refractivity contribution in [2.24, 2.45) is 0 Å². The zero-order valence-corrected chi connectivity index (χ0v) is 13.1. The number of carbonyl (C=O) groups excluding carboxylic acids is 4. The van der Waals surface area contributed by atoms with E-state index in [1.165, 1.54) is 25.1 Å². The normalized spacial score (nSPS) is 21.0. The second kappa shape index (κ2) is 6.00. The number of benzene rings is 1. The van der Waals surface area contributed by atoms with Gasteiger partial charge in [0.25, 0.3) is 11.8 Å². The summed E-state index contributed by atoms with van der Waals surface area (Å²) in [6.45, 7) is 1.33. The number of piperidine rings is 1. The molecule has 2 N–H and O–H groups in total. The van der Waals surface area contributed by atoms with Gasteiger partial charge in [-0.15, -0.1) is 0 Å². The summed E-state index contributed by atoms with van der Waals surface area (Å²) in [7, 11) is 0. The number of carboxylic acid groups (broad SMARTS) is 1. The van der Waals surface area contributed by atoms with Crippen LogP contribution in [0.25, 0.3) is 0 Å². The van der Waals surface area contributed by atoms with Gasteiger partial charge in [0.15, 0.2) is 6.10 Å². The fourth-order valence-corrected chi connectivity index (χ4v) is 2.78. The third-order valence-electron chi connectivity index (χ3n) is 4.07. The molecule has 0 aliphatic carbocycles. The van der Waals surface area contributed by atoms with Crippen LogP contribution in [0.2, 0.25) is 0 Å². The van der Waals surface area contributed by atoms with Crippen LogP contribution in [0.15, 0.2) is 18.2 Å². The number of nitrogens with one attached hydrogen (secondary N) is 1. The van der Waals surface area contributed by atoms with E-state index in [0.29, 0.717) is 0 Å². The Morgan fingerprint density at radius 1 is 1.24 bits per heavy atom. The first kappa shape index (κ1) is 16.6. The number of imide groups is 2. The van der Waals surface area contributed by atoms with Gasteiger partial charge in [0, 0.05) is 6.42 Å². The van der Waals surface area contributed by atoms with Crippen molar-refractivity contribution < 1.29 is 33.8 Å². The van der Waals surface area contributed by atoms with Crippen LogP contribution in [0.4, 0.5) is 0 Å². The summed E-state index contributed by atoms with van der Waals surface area (Å²) < 4.78 is 5.19. The molecule has 1 saturated heterocycles. The minimum atomic E-state index is -1.17. The van der Waals surface area contributed by atoms with Crippen LogP contribution >= 0.6 is 0 Å². The van der Waals surface area contributed by atoms with Gasteiger partial charge in [0.05, 0.1) is 11.1 Å². The second-order valence-corrected chi connectivity index (χ2v) is 5.75. The van der Waals surface area contributed by atoms with Gasteiger partial charge in [-0.2, -0.15) is 0 Å². The van der Waals surface area contributed by atoms with Crippen LogP contribution in [0, 0.1) is 0 Å². The van der Waals surface area contributed by atoms with Gasteiger partial charge in [-0.3, -0.25) is 29.4 Å². The van der Waals surface area contributed by atoms with Crippen LogP contribution in [0.5, 0.6) is 5.75 Å². The monoisotopic (exact) mass is 346 g/mol. The van der Waals surface area contributed by atoms with Crippen LogP contribution in [-0.2, 0) is 14.4 Å². The van der Waals surface area contributed by atoms with Crippen LogP contribution in [0.3, 0.4) is 0 Å². The molecule has 9 heteroatoms. The Kier molecular flexibility index (Phi) is 3.99. The Hall–Kier alpha value is -3.23. The number of hydrogen-bond donors (Lipinski definition) is 2. The Balaban J connectivity index is 1.88. The van der Waals surface area contributed by atoms with Gasteiger partial charge < -0.3 is 9.84 Å². The number of fused-ring (bicyclic) bond motifs is 1. The first-order chi connectivity index (χ1) is 11.8. The molecule has 1 fully saturated rings. The van der Waals surface area contributed by atoms with Gasteiger partial charge >= 0.3 is 5.97 Å². The van der Waals surface area contributed by atoms with Crippen molar-refractivity contribution in [1.82, 2.24) is 10.2 Å². The number of hydrogen-bond acceptors (Lipinski definition) is 6. The summed E-state index contributed by atoms with van der Waals surface area (Å²) in [6, 6.07) is 2.97.